The second-order valence-electron chi connectivity index (χ2n) is 8.76. The zero-order valence-corrected chi connectivity index (χ0v) is 21.7. The smallest absolute Gasteiger partial charge is 0.242 e. The molecule has 0 heterocycles. The molecular weight excluding hydrogens is 450 g/mol. The van der Waals surface area contributed by atoms with E-state index < -0.39 is 16.1 Å². The van der Waals surface area contributed by atoms with Gasteiger partial charge in [0.05, 0.1) is 11.9 Å². The first-order valence-corrected chi connectivity index (χ1v) is 13.5. The predicted molar refractivity (Wildman–Crippen MR) is 137 cm³/mol. The van der Waals surface area contributed by atoms with Crippen molar-refractivity contribution in [2.75, 3.05) is 23.7 Å². The molecule has 2 aromatic carbocycles. The molecule has 34 heavy (non-hydrogen) atoms. The molecule has 1 N–H and O–H groups in total. The van der Waals surface area contributed by atoms with Crippen LogP contribution in [-0.4, -0.2) is 50.5 Å². The number of aryl methyl sites for hydroxylation is 2. The molecule has 0 aliphatic carbocycles. The van der Waals surface area contributed by atoms with Crippen LogP contribution in [0.3, 0.4) is 0 Å². The fourth-order valence-electron chi connectivity index (χ4n) is 3.77. The zero-order chi connectivity index (χ0) is 25.3. The number of hydrogen-bond donors (Lipinski definition) is 1. The number of hydrogen-bond acceptors (Lipinski definition) is 4. The van der Waals surface area contributed by atoms with Crippen molar-refractivity contribution in [2.24, 2.45) is 0 Å². The number of carbonyl (C=O) groups excluding carboxylic acids is 2. The molecular formula is C26H37N3O4S. The third kappa shape index (κ3) is 8.17. The van der Waals surface area contributed by atoms with Crippen LogP contribution in [0, 0.1) is 13.8 Å². The predicted octanol–water partition coefficient (Wildman–Crippen LogP) is 3.79. The minimum Gasteiger partial charge on any atom is -0.354 e. The van der Waals surface area contributed by atoms with Gasteiger partial charge in [0.25, 0.3) is 0 Å². The van der Waals surface area contributed by atoms with E-state index in [0.717, 1.165) is 23.1 Å². The summed E-state index contributed by atoms with van der Waals surface area (Å²) in [5.41, 5.74) is 3.56. The first-order chi connectivity index (χ1) is 16.0. The molecule has 186 valence electrons. The summed E-state index contributed by atoms with van der Waals surface area (Å²) in [6.07, 6.45) is 2.45. The largest absolute Gasteiger partial charge is 0.354 e. The van der Waals surface area contributed by atoms with Crippen molar-refractivity contribution < 1.29 is 18.0 Å². The summed E-state index contributed by atoms with van der Waals surface area (Å²) < 4.78 is 26.1. The van der Waals surface area contributed by atoms with Gasteiger partial charge in [0.1, 0.15) is 6.04 Å². The van der Waals surface area contributed by atoms with Gasteiger partial charge in [-0.3, -0.25) is 13.9 Å². The van der Waals surface area contributed by atoms with Crippen LogP contribution in [0.2, 0.25) is 0 Å². The van der Waals surface area contributed by atoms with Gasteiger partial charge in [0.15, 0.2) is 0 Å². The Morgan fingerprint density at radius 2 is 1.68 bits per heavy atom. The fraction of sp³-hybridized carbons (Fsp3) is 0.462. The van der Waals surface area contributed by atoms with Gasteiger partial charge in [0.2, 0.25) is 21.8 Å². The maximum Gasteiger partial charge on any atom is 0.242 e. The van der Waals surface area contributed by atoms with Gasteiger partial charge >= 0.3 is 0 Å². The van der Waals surface area contributed by atoms with Gasteiger partial charge in [-0.05, 0) is 56.9 Å². The second kappa shape index (κ2) is 12.6. The summed E-state index contributed by atoms with van der Waals surface area (Å²) in [4.78, 5) is 27.5. The first-order valence-electron chi connectivity index (χ1n) is 11.7. The van der Waals surface area contributed by atoms with E-state index in [0.29, 0.717) is 25.2 Å². The summed E-state index contributed by atoms with van der Waals surface area (Å²) >= 11 is 0. The van der Waals surface area contributed by atoms with Crippen molar-refractivity contribution in [1.29, 1.82) is 0 Å². The normalized spacial score (nSPS) is 12.1. The third-order valence-corrected chi connectivity index (χ3v) is 6.79. The quantitative estimate of drug-likeness (QED) is 0.493. The Hall–Kier alpha value is -2.87. The Morgan fingerprint density at radius 1 is 1.03 bits per heavy atom. The number of sulfonamides is 1. The van der Waals surface area contributed by atoms with Crippen LogP contribution < -0.4 is 9.62 Å². The molecule has 0 aromatic heterocycles. The molecule has 0 radical (unpaired) electrons. The number of amides is 2. The summed E-state index contributed by atoms with van der Waals surface area (Å²) in [5, 5.41) is 2.87. The number of benzene rings is 2. The van der Waals surface area contributed by atoms with Crippen LogP contribution in [0.1, 0.15) is 49.8 Å². The van der Waals surface area contributed by atoms with Gasteiger partial charge in [0, 0.05) is 26.1 Å². The Bertz CT molecular complexity index is 1080. The van der Waals surface area contributed by atoms with Crippen molar-refractivity contribution >= 4 is 27.5 Å². The van der Waals surface area contributed by atoms with Crippen LogP contribution in [0.4, 0.5) is 5.69 Å². The van der Waals surface area contributed by atoms with Crippen molar-refractivity contribution in [2.45, 2.75) is 59.5 Å². The topological polar surface area (TPSA) is 86.8 Å². The lowest BCUT2D eigenvalue weighted by atomic mass is 10.1. The molecule has 1 unspecified atom stereocenters. The highest BCUT2D eigenvalue weighted by atomic mass is 32.2. The Balaban J connectivity index is 2.15. The molecule has 2 aromatic rings. The maximum atomic E-state index is 13.3. The highest BCUT2D eigenvalue weighted by Gasteiger charge is 2.26. The van der Waals surface area contributed by atoms with E-state index in [9.17, 15) is 18.0 Å². The third-order valence-electron chi connectivity index (χ3n) is 5.59. The lowest BCUT2D eigenvalue weighted by Crippen LogP contribution is -2.47. The molecule has 2 rings (SSSR count). The SMILES string of the molecule is CCCNC(=O)C(C)N(Cc1cccc(C)c1)C(=O)CCCN(c1cccc(C)c1)S(C)(=O)=O. The van der Waals surface area contributed by atoms with E-state index in [4.69, 9.17) is 0 Å². The summed E-state index contributed by atoms with van der Waals surface area (Å²) in [6.45, 7) is 8.64. The van der Waals surface area contributed by atoms with Crippen LogP contribution in [-0.2, 0) is 26.2 Å². The van der Waals surface area contributed by atoms with Gasteiger partial charge < -0.3 is 10.2 Å². The molecule has 8 heteroatoms. The minimum atomic E-state index is -3.50. The van der Waals surface area contributed by atoms with Crippen molar-refractivity contribution in [1.82, 2.24) is 10.2 Å². The van der Waals surface area contributed by atoms with E-state index in [1.807, 2.05) is 63.2 Å². The van der Waals surface area contributed by atoms with Gasteiger partial charge in [-0.25, -0.2) is 8.42 Å². The van der Waals surface area contributed by atoms with Gasteiger partial charge in [-0.15, -0.1) is 0 Å². The number of nitrogens with zero attached hydrogens (tertiary/aromatic N) is 2. The van der Waals surface area contributed by atoms with Crippen molar-refractivity contribution in [3.8, 4) is 0 Å². The Morgan fingerprint density at radius 3 is 2.26 bits per heavy atom. The lowest BCUT2D eigenvalue weighted by molar-refractivity contribution is -0.140. The molecule has 0 aliphatic rings. The highest BCUT2D eigenvalue weighted by Crippen LogP contribution is 2.20. The number of rotatable bonds is 12. The van der Waals surface area contributed by atoms with Gasteiger partial charge in [-0.2, -0.15) is 0 Å². The van der Waals surface area contributed by atoms with E-state index in [-0.39, 0.29) is 24.8 Å². The molecule has 0 spiro atoms. The van der Waals surface area contributed by atoms with Crippen molar-refractivity contribution in [3.05, 3.63) is 65.2 Å². The van der Waals surface area contributed by atoms with Crippen LogP contribution >= 0.6 is 0 Å². The molecule has 2 amide bonds. The fourth-order valence-corrected chi connectivity index (χ4v) is 4.73. The van der Waals surface area contributed by atoms with Crippen LogP contribution in [0.15, 0.2) is 48.5 Å². The van der Waals surface area contributed by atoms with Crippen molar-refractivity contribution in [3.63, 3.8) is 0 Å². The molecule has 1 atom stereocenters. The van der Waals surface area contributed by atoms with Crippen LogP contribution in [0.25, 0.3) is 0 Å². The number of nitrogens with one attached hydrogen (secondary N) is 1. The van der Waals surface area contributed by atoms with Crippen LogP contribution in [0.5, 0.6) is 0 Å². The molecule has 0 fully saturated rings. The Labute approximate surface area is 204 Å². The highest BCUT2D eigenvalue weighted by molar-refractivity contribution is 7.92. The average molecular weight is 488 g/mol. The van der Waals surface area contributed by atoms with E-state index >= 15 is 0 Å². The molecule has 0 saturated carbocycles. The Kier molecular flexibility index (Phi) is 10.1. The van der Waals surface area contributed by atoms with E-state index in [1.54, 1.807) is 17.9 Å². The lowest BCUT2D eigenvalue weighted by Gasteiger charge is -2.29. The monoisotopic (exact) mass is 487 g/mol. The maximum absolute atomic E-state index is 13.3. The molecule has 7 nitrogen and oxygen atoms in total. The summed E-state index contributed by atoms with van der Waals surface area (Å²) in [7, 11) is -3.50. The molecule has 0 bridgehead atoms. The zero-order valence-electron chi connectivity index (χ0n) is 20.9. The molecule has 0 saturated heterocycles. The van der Waals surface area contributed by atoms with E-state index in [2.05, 4.69) is 5.32 Å². The number of anilines is 1. The summed E-state index contributed by atoms with van der Waals surface area (Å²) in [5.74, 6) is -0.376. The second-order valence-corrected chi connectivity index (χ2v) is 10.7. The number of carbonyl (C=O) groups is 2. The molecule has 0 aliphatic heterocycles. The average Bonchev–Trinajstić information content (AvgIpc) is 2.77. The summed E-state index contributed by atoms with van der Waals surface area (Å²) in [6, 6.07) is 14.5. The van der Waals surface area contributed by atoms with Gasteiger partial charge in [-0.1, -0.05) is 48.9 Å². The standard InChI is InChI=1S/C26H37N3O4S/c1-6-15-27-26(31)22(4)28(19-23-12-7-10-20(2)17-23)25(30)14-9-16-29(34(5,32)33)24-13-8-11-21(3)18-24/h7-8,10-13,17-18,22H,6,9,14-16,19H2,1-5H3,(H,27,31). The van der Waals surface area contributed by atoms with E-state index in [1.165, 1.54) is 10.6 Å². The first kappa shape index (κ1) is 27.4. The minimum absolute atomic E-state index is 0.134.